The van der Waals surface area contributed by atoms with Crippen LogP contribution in [0.15, 0.2) is 42.5 Å². The van der Waals surface area contributed by atoms with Gasteiger partial charge in [0.05, 0.1) is 11.3 Å². The summed E-state index contributed by atoms with van der Waals surface area (Å²) in [6.07, 6.45) is 0. The Bertz CT molecular complexity index is 836. The van der Waals surface area contributed by atoms with Crippen LogP contribution in [0.4, 0.5) is 15.8 Å². The fraction of sp³-hybridized carbons (Fsp3) is 0.125. The van der Waals surface area contributed by atoms with Gasteiger partial charge in [-0.05, 0) is 30.3 Å². The summed E-state index contributed by atoms with van der Waals surface area (Å²) in [4.78, 5) is 26.6. The van der Waals surface area contributed by atoms with E-state index in [9.17, 15) is 14.0 Å². The summed E-state index contributed by atoms with van der Waals surface area (Å²) >= 11 is 0. The van der Waals surface area contributed by atoms with Gasteiger partial charge in [0, 0.05) is 18.3 Å². The van der Waals surface area contributed by atoms with Crippen LogP contribution in [0.2, 0.25) is 0 Å². The highest BCUT2D eigenvalue weighted by molar-refractivity contribution is 6.14. The van der Waals surface area contributed by atoms with Gasteiger partial charge in [0.2, 0.25) is 5.66 Å². The Labute approximate surface area is 125 Å². The quantitative estimate of drug-likeness (QED) is 0.783. The Morgan fingerprint density at radius 2 is 1.86 bits per heavy atom. The number of rotatable bonds is 0. The molecule has 2 aromatic carbocycles. The maximum Gasteiger partial charge on any atom is 0.276 e. The first kappa shape index (κ1) is 12.8. The molecule has 0 fully saturated rings. The van der Waals surface area contributed by atoms with Crippen molar-refractivity contribution in [1.82, 2.24) is 4.90 Å². The maximum atomic E-state index is 13.4. The van der Waals surface area contributed by atoms with Crippen LogP contribution in [0.25, 0.3) is 0 Å². The lowest BCUT2D eigenvalue weighted by Crippen LogP contribution is -2.59. The molecule has 0 saturated carbocycles. The molecule has 110 valence electrons. The van der Waals surface area contributed by atoms with Crippen molar-refractivity contribution < 1.29 is 14.0 Å². The summed E-state index contributed by atoms with van der Waals surface area (Å²) in [7, 11) is 1.56. The van der Waals surface area contributed by atoms with Crippen molar-refractivity contribution in [2.75, 3.05) is 17.7 Å². The molecule has 0 radical (unpaired) electrons. The molecule has 1 spiro atoms. The van der Waals surface area contributed by atoms with Gasteiger partial charge in [-0.15, -0.1) is 0 Å². The number of anilines is 2. The van der Waals surface area contributed by atoms with E-state index in [4.69, 9.17) is 0 Å². The van der Waals surface area contributed by atoms with Crippen LogP contribution in [0.3, 0.4) is 0 Å². The lowest BCUT2D eigenvalue weighted by atomic mass is 9.93. The highest BCUT2D eigenvalue weighted by atomic mass is 19.1. The molecule has 1 atom stereocenters. The summed E-state index contributed by atoms with van der Waals surface area (Å²) < 4.78 is 13.4. The number of halogens is 1. The van der Waals surface area contributed by atoms with E-state index >= 15 is 0 Å². The van der Waals surface area contributed by atoms with Crippen LogP contribution < -0.4 is 10.6 Å². The lowest BCUT2D eigenvalue weighted by Gasteiger charge is -2.42. The predicted octanol–water partition coefficient (Wildman–Crippen LogP) is 2.13. The average Bonchev–Trinajstić information content (AvgIpc) is 2.77. The van der Waals surface area contributed by atoms with Crippen LogP contribution in [0, 0.1) is 5.82 Å². The number of fused-ring (bicyclic) bond motifs is 3. The van der Waals surface area contributed by atoms with Crippen molar-refractivity contribution in [2.24, 2.45) is 0 Å². The summed E-state index contributed by atoms with van der Waals surface area (Å²) in [5, 5.41) is 5.79. The standard InChI is InChI=1S/C16H12FN3O2/c1-20-14(21)10-4-2-3-5-12(10)19-16(20)11-7-6-9(17)8-13(11)18-15(16)22/h2-8,19H,1H3,(H,18,22). The zero-order chi connectivity index (χ0) is 15.5. The highest BCUT2D eigenvalue weighted by Crippen LogP contribution is 2.44. The van der Waals surface area contributed by atoms with Gasteiger partial charge in [-0.25, -0.2) is 4.39 Å². The molecule has 0 aromatic heterocycles. The van der Waals surface area contributed by atoms with Crippen molar-refractivity contribution in [3.63, 3.8) is 0 Å². The van der Waals surface area contributed by atoms with Crippen LogP contribution >= 0.6 is 0 Å². The molecule has 0 bridgehead atoms. The largest absolute Gasteiger partial charge is 0.350 e. The number of carbonyl (C=O) groups is 2. The highest BCUT2D eigenvalue weighted by Gasteiger charge is 2.54. The molecule has 2 aliphatic heterocycles. The predicted molar refractivity (Wildman–Crippen MR) is 78.9 cm³/mol. The molecule has 0 saturated heterocycles. The van der Waals surface area contributed by atoms with Crippen molar-refractivity contribution in [3.05, 3.63) is 59.4 Å². The molecular weight excluding hydrogens is 285 g/mol. The van der Waals surface area contributed by atoms with E-state index in [2.05, 4.69) is 10.6 Å². The molecule has 2 aliphatic rings. The lowest BCUT2D eigenvalue weighted by molar-refractivity contribution is -0.124. The first-order valence-corrected chi connectivity index (χ1v) is 6.81. The molecule has 5 nitrogen and oxygen atoms in total. The molecule has 1 unspecified atom stereocenters. The van der Waals surface area contributed by atoms with Gasteiger partial charge >= 0.3 is 0 Å². The molecule has 22 heavy (non-hydrogen) atoms. The second-order valence-corrected chi connectivity index (χ2v) is 5.39. The first-order chi connectivity index (χ1) is 10.5. The van der Waals surface area contributed by atoms with E-state index in [0.717, 1.165) is 0 Å². The van der Waals surface area contributed by atoms with Crippen molar-refractivity contribution in [2.45, 2.75) is 5.66 Å². The normalized spacial score (nSPS) is 22.2. The molecule has 6 heteroatoms. The van der Waals surface area contributed by atoms with Gasteiger partial charge in [0.25, 0.3) is 11.8 Å². The third-order valence-electron chi connectivity index (χ3n) is 4.23. The molecule has 0 aliphatic carbocycles. The fourth-order valence-corrected chi connectivity index (χ4v) is 3.12. The second kappa shape index (κ2) is 4.07. The minimum absolute atomic E-state index is 0.262. The molecule has 4 rings (SSSR count). The van der Waals surface area contributed by atoms with Gasteiger partial charge in [0.1, 0.15) is 5.82 Å². The summed E-state index contributed by atoms with van der Waals surface area (Å²) in [5.41, 5.74) is 0.631. The van der Waals surface area contributed by atoms with E-state index in [1.54, 1.807) is 31.3 Å². The summed E-state index contributed by atoms with van der Waals surface area (Å²) in [6, 6.07) is 11.1. The Kier molecular flexibility index (Phi) is 2.37. The number of hydrogen-bond donors (Lipinski definition) is 2. The number of benzene rings is 2. The Morgan fingerprint density at radius 1 is 1.09 bits per heavy atom. The smallest absolute Gasteiger partial charge is 0.276 e. The zero-order valence-corrected chi connectivity index (χ0v) is 11.7. The third kappa shape index (κ3) is 1.41. The Morgan fingerprint density at radius 3 is 2.68 bits per heavy atom. The van der Waals surface area contributed by atoms with Gasteiger partial charge < -0.3 is 15.5 Å². The van der Waals surface area contributed by atoms with Gasteiger partial charge in [-0.2, -0.15) is 0 Å². The SMILES string of the molecule is CN1C(=O)c2ccccc2NC12C(=O)Nc1cc(F)ccc12. The average molecular weight is 297 g/mol. The van der Waals surface area contributed by atoms with E-state index in [-0.39, 0.29) is 5.91 Å². The zero-order valence-electron chi connectivity index (χ0n) is 11.7. The van der Waals surface area contributed by atoms with Crippen LogP contribution in [-0.4, -0.2) is 23.8 Å². The van der Waals surface area contributed by atoms with Gasteiger partial charge in [-0.1, -0.05) is 12.1 Å². The van der Waals surface area contributed by atoms with Crippen LogP contribution in [-0.2, 0) is 10.5 Å². The molecular formula is C16H12FN3O2. The van der Waals surface area contributed by atoms with E-state index in [0.29, 0.717) is 22.5 Å². The molecule has 2 heterocycles. The third-order valence-corrected chi connectivity index (χ3v) is 4.23. The van der Waals surface area contributed by atoms with Crippen molar-refractivity contribution >= 4 is 23.2 Å². The number of carbonyl (C=O) groups excluding carboxylic acids is 2. The topological polar surface area (TPSA) is 61.4 Å². The molecule has 2 aromatic rings. The first-order valence-electron chi connectivity index (χ1n) is 6.81. The van der Waals surface area contributed by atoms with Crippen LogP contribution in [0.1, 0.15) is 15.9 Å². The number of amides is 2. The van der Waals surface area contributed by atoms with E-state index in [1.807, 2.05) is 0 Å². The van der Waals surface area contributed by atoms with E-state index in [1.165, 1.54) is 23.1 Å². The van der Waals surface area contributed by atoms with Gasteiger partial charge in [0.15, 0.2) is 0 Å². The van der Waals surface area contributed by atoms with Crippen molar-refractivity contribution in [1.29, 1.82) is 0 Å². The number of hydrogen-bond acceptors (Lipinski definition) is 3. The Balaban J connectivity index is 1.96. The summed E-state index contributed by atoms with van der Waals surface area (Å²) in [6.45, 7) is 0. The number of nitrogens with one attached hydrogen (secondary N) is 2. The number of likely N-dealkylation sites (N-methyl/N-ethyl adjacent to an activating group) is 1. The number of nitrogens with zero attached hydrogens (tertiary/aromatic N) is 1. The van der Waals surface area contributed by atoms with E-state index < -0.39 is 17.4 Å². The second-order valence-electron chi connectivity index (χ2n) is 5.39. The number of para-hydroxylation sites is 1. The van der Waals surface area contributed by atoms with Gasteiger partial charge in [-0.3, -0.25) is 9.59 Å². The molecule has 2 N–H and O–H groups in total. The minimum Gasteiger partial charge on any atom is -0.350 e. The molecule has 2 amide bonds. The minimum atomic E-state index is -1.35. The van der Waals surface area contributed by atoms with Crippen molar-refractivity contribution in [3.8, 4) is 0 Å². The van der Waals surface area contributed by atoms with Crippen LogP contribution in [0.5, 0.6) is 0 Å². The summed E-state index contributed by atoms with van der Waals surface area (Å²) in [5.74, 6) is -1.11. The Hall–Kier alpha value is -2.89. The fourth-order valence-electron chi connectivity index (χ4n) is 3.12. The monoisotopic (exact) mass is 297 g/mol. The maximum absolute atomic E-state index is 13.4.